The zero-order chi connectivity index (χ0) is 23.3. The molecule has 2 aromatic rings. The van der Waals surface area contributed by atoms with Gasteiger partial charge in [0.05, 0.1) is 15.5 Å². The van der Waals surface area contributed by atoms with Crippen molar-refractivity contribution in [1.29, 1.82) is 0 Å². The van der Waals surface area contributed by atoms with E-state index in [-0.39, 0.29) is 27.3 Å². The minimum absolute atomic E-state index is 0.0162. The number of carbonyl (C=O) groups is 2. The quantitative estimate of drug-likeness (QED) is 0.614. The van der Waals surface area contributed by atoms with Crippen LogP contribution in [0.4, 0.5) is 0 Å². The van der Waals surface area contributed by atoms with Crippen LogP contribution >= 0.6 is 11.6 Å². The second kappa shape index (κ2) is 10.5. The number of piperazine rings is 1. The number of hydrogen-bond acceptors (Lipinski definition) is 4. The molecular weight excluding hydrogens is 450 g/mol. The third-order valence-corrected chi connectivity index (χ3v) is 7.71. The number of amides is 2. The summed E-state index contributed by atoms with van der Waals surface area (Å²) in [6, 6.07) is 14.2. The van der Waals surface area contributed by atoms with E-state index in [2.05, 4.69) is 12.1 Å². The van der Waals surface area contributed by atoms with Crippen LogP contribution < -0.4 is 0 Å². The first-order valence-corrected chi connectivity index (χ1v) is 12.3. The lowest BCUT2D eigenvalue weighted by atomic mass is 10.1. The first kappa shape index (κ1) is 24.2. The van der Waals surface area contributed by atoms with Crippen LogP contribution in [0.5, 0.6) is 0 Å². The van der Waals surface area contributed by atoms with Crippen molar-refractivity contribution < 1.29 is 18.0 Å². The number of hydrogen-bond donors (Lipinski definition) is 0. The lowest BCUT2D eigenvalue weighted by Gasteiger charge is -2.35. The second-order valence-corrected chi connectivity index (χ2v) is 10.5. The second-order valence-electron chi connectivity index (χ2n) is 7.94. The molecule has 1 aliphatic rings. The van der Waals surface area contributed by atoms with Crippen molar-refractivity contribution in [2.75, 3.05) is 40.3 Å². The van der Waals surface area contributed by atoms with E-state index in [0.29, 0.717) is 32.6 Å². The van der Waals surface area contributed by atoms with Crippen LogP contribution in [-0.4, -0.2) is 74.6 Å². The third kappa shape index (κ3) is 5.68. The van der Waals surface area contributed by atoms with E-state index in [9.17, 15) is 18.0 Å². The van der Waals surface area contributed by atoms with E-state index in [4.69, 9.17) is 11.6 Å². The molecule has 0 N–H and O–H groups in total. The highest BCUT2D eigenvalue weighted by atomic mass is 35.5. The number of nitrogens with zero attached hydrogens (tertiary/aromatic N) is 3. The van der Waals surface area contributed by atoms with Crippen LogP contribution in [0.15, 0.2) is 53.4 Å². The summed E-state index contributed by atoms with van der Waals surface area (Å²) < 4.78 is 25.9. The summed E-state index contributed by atoms with van der Waals surface area (Å²) >= 11 is 6.21. The predicted molar refractivity (Wildman–Crippen MR) is 124 cm³/mol. The molecule has 0 aromatic heterocycles. The van der Waals surface area contributed by atoms with Crippen molar-refractivity contribution in [2.45, 2.75) is 24.2 Å². The summed E-state index contributed by atoms with van der Waals surface area (Å²) in [4.78, 5) is 29.0. The molecule has 2 amide bonds. The molecule has 0 radical (unpaired) electrons. The van der Waals surface area contributed by atoms with Gasteiger partial charge in [-0.15, -0.1) is 0 Å². The fraction of sp³-hybridized carbons (Fsp3) is 0.391. The average molecular weight is 478 g/mol. The molecule has 0 spiro atoms. The van der Waals surface area contributed by atoms with Crippen molar-refractivity contribution in [3.8, 4) is 0 Å². The van der Waals surface area contributed by atoms with Gasteiger partial charge in [0.15, 0.2) is 0 Å². The third-order valence-electron chi connectivity index (χ3n) is 5.57. The number of benzene rings is 2. The Kier molecular flexibility index (Phi) is 7.92. The van der Waals surface area contributed by atoms with Gasteiger partial charge < -0.3 is 9.80 Å². The van der Waals surface area contributed by atoms with Gasteiger partial charge in [0.1, 0.15) is 0 Å². The molecule has 32 heavy (non-hydrogen) atoms. The summed E-state index contributed by atoms with van der Waals surface area (Å²) in [6.45, 7) is 1.65. The summed E-state index contributed by atoms with van der Waals surface area (Å²) in [7, 11) is -0.814. The van der Waals surface area contributed by atoms with Gasteiger partial charge in [0, 0.05) is 46.7 Å². The molecule has 0 bridgehead atoms. The monoisotopic (exact) mass is 477 g/mol. The molecule has 0 aliphatic carbocycles. The minimum atomic E-state index is -3.68. The lowest BCUT2D eigenvalue weighted by Crippen LogP contribution is -2.50. The molecule has 0 unspecified atom stereocenters. The van der Waals surface area contributed by atoms with Gasteiger partial charge in [0.25, 0.3) is 5.91 Å². The number of aryl methyl sites for hydroxylation is 1. The van der Waals surface area contributed by atoms with Gasteiger partial charge in [-0.1, -0.05) is 41.9 Å². The predicted octanol–water partition coefficient (Wildman–Crippen LogP) is 2.90. The topological polar surface area (TPSA) is 78.0 Å². The first-order valence-electron chi connectivity index (χ1n) is 10.5. The molecule has 0 atom stereocenters. The summed E-state index contributed by atoms with van der Waals surface area (Å²) in [6.07, 6.45) is 2.11. The zero-order valence-corrected chi connectivity index (χ0v) is 19.9. The van der Waals surface area contributed by atoms with Gasteiger partial charge in [-0.05, 0) is 36.6 Å². The molecule has 0 saturated carbocycles. The fourth-order valence-electron chi connectivity index (χ4n) is 3.62. The van der Waals surface area contributed by atoms with E-state index in [1.165, 1.54) is 37.9 Å². The van der Waals surface area contributed by atoms with Gasteiger partial charge in [-0.2, -0.15) is 0 Å². The van der Waals surface area contributed by atoms with E-state index in [1.54, 1.807) is 9.80 Å². The molecule has 1 fully saturated rings. The Labute approximate surface area is 194 Å². The average Bonchev–Trinajstić information content (AvgIpc) is 2.79. The minimum Gasteiger partial charge on any atom is -0.339 e. The smallest absolute Gasteiger partial charge is 0.255 e. The van der Waals surface area contributed by atoms with Crippen LogP contribution in [0.25, 0.3) is 0 Å². The Bertz CT molecular complexity index is 1070. The fourth-order valence-corrected chi connectivity index (χ4v) is 4.74. The number of halogens is 1. The van der Waals surface area contributed by atoms with E-state index in [1.807, 2.05) is 18.2 Å². The van der Waals surface area contributed by atoms with Crippen molar-refractivity contribution in [2.24, 2.45) is 0 Å². The Hall–Kier alpha value is -2.42. The van der Waals surface area contributed by atoms with Crippen molar-refractivity contribution >= 4 is 33.4 Å². The summed E-state index contributed by atoms with van der Waals surface area (Å²) in [5.74, 6) is -0.243. The highest BCUT2D eigenvalue weighted by Crippen LogP contribution is 2.24. The van der Waals surface area contributed by atoms with Crippen LogP contribution in [0, 0.1) is 0 Å². The highest BCUT2D eigenvalue weighted by molar-refractivity contribution is 7.89. The Morgan fingerprint density at radius 2 is 1.59 bits per heavy atom. The largest absolute Gasteiger partial charge is 0.339 e. The molecule has 1 saturated heterocycles. The Balaban J connectivity index is 1.57. The van der Waals surface area contributed by atoms with Crippen LogP contribution in [0.1, 0.15) is 28.8 Å². The number of sulfonamides is 1. The van der Waals surface area contributed by atoms with Crippen molar-refractivity contribution in [3.63, 3.8) is 0 Å². The molecule has 1 aliphatic heterocycles. The SMILES string of the molecule is CN(C)S(=O)(=O)c1ccc(Cl)c(C(=O)N2CCN(C(=O)CCCc3ccccc3)CC2)c1. The molecule has 9 heteroatoms. The normalized spacial score (nSPS) is 14.6. The van der Waals surface area contributed by atoms with Crippen LogP contribution in [0.2, 0.25) is 5.02 Å². The summed E-state index contributed by atoms with van der Waals surface area (Å²) in [5.41, 5.74) is 1.36. The number of carbonyl (C=O) groups excluding carboxylic acids is 2. The van der Waals surface area contributed by atoms with Crippen molar-refractivity contribution in [1.82, 2.24) is 14.1 Å². The van der Waals surface area contributed by atoms with E-state index in [0.717, 1.165) is 17.1 Å². The molecule has 3 rings (SSSR count). The molecule has 7 nitrogen and oxygen atoms in total. The van der Waals surface area contributed by atoms with Crippen LogP contribution in [0.3, 0.4) is 0 Å². The maximum atomic E-state index is 13.0. The van der Waals surface area contributed by atoms with Gasteiger partial charge in [-0.3, -0.25) is 9.59 Å². The first-order chi connectivity index (χ1) is 15.2. The van der Waals surface area contributed by atoms with Crippen LogP contribution in [-0.2, 0) is 21.2 Å². The maximum absolute atomic E-state index is 13.0. The summed E-state index contributed by atoms with van der Waals surface area (Å²) in [5, 5.41) is 0.201. The molecule has 172 valence electrons. The van der Waals surface area contributed by atoms with Gasteiger partial charge in [-0.25, -0.2) is 12.7 Å². The van der Waals surface area contributed by atoms with Gasteiger partial charge in [0.2, 0.25) is 15.9 Å². The standard InChI is InChI=1S/C23H28ClN3O4S/c1-25(2)32(30,31)19-11-12-21(24)20(17-19)23(29)27-15-13-26(14-16-27)22(28)10-6-9-18-7-4-3-5-8-18/h3-5,7-8,11-12,17H,6,9-10,13-16H2,1-2H3. The lowest BCUT2D eigenvalue weighted by molar-refractivity contribution is -0.132. The molecule has 1 heterocycles. The molecule has 2 aromatic carbocycles. The van der Waals surface area contributed by atoms with E-state index < -0.39 is 10.0 Å². The molecular formula is C23H28ClN3O4S. The maximum Gasteiger partial charge on any atom is 0.255 e. The zero-order valence-electron chi connectivity index (χ0n) is 18.3. The Morgan fingerprint density at radius 1 is 0.969 bits per heavy atom. The van der Waals surface area contributed by atoms with E-state index >= 15 is 0 Å². The Morgan fingerprint density at radius 3 is 2.22 bits per heavy atom. The highest BCUT2D eigenvalue weighted by Gasteiger charge is 2.27. The number of rotatable bonds is 7. The van der Waals surface area contributed by atoms with Gasteiger partial charge >= 0.3 is 0 Å². The van der Waals surface area contributed by atoms with Crippen molar-refractivity contribution in [3.05, 3.63) is 64.7 Å².